The van der Waals surface area contributed by atoms with Gasteiger partial charge in [-0.25, -0.2) is 4.79 Å². The van der Waals surface area contributed by atoms with Gasteiger partial charge >= 0.3 is 12.0 Å². The Morgan fingerprint density at radius 3 is 2.47 bits per heavy atom. The van der Waals surface area contributed by atoms with Crippen molar-refractivity contribution in [3.8, 4) is 0 Å². The van der Waals surface area contributed by atoms with Crippen LogP contribution in [0.1, 0.15) is 26.2 Å². The number of hydrogen-bond donors (Lipinski definition) is 2. The summed E-state index contributed by atoms with van der Waals surface area (Å²) >= 11 is 0. The predicted molar refractivity (Wildman–Crippen MR) is 55.6 cm³/mol. The summed E-state index contributed by atoms with van der Waals surface area (Å²) in [6.45, 7) is 3.35. The molecule has 1 aliphatic rings. The predicted octanol–water partition coefficient (Wildman–Crippen LogP) is 0.903. The minimum absolute atomic E-state index is 0.136. The average Bonchev–Trinajstić information content (AvgIpc) is 2.26. The van der Waals surface area contributed by atoms with E-state index >= 15 is 0 Å². The molecule has 1 fully saturated rings. The Balaban J connectivity index is 2.25. The smallest absolute Gasteiger partial charge is 0.317 e. The fraction of sp³-hybridized carbons (Fsp3) is 0.800. The fourth-order valence-corrected chi connectivity index (χ4v) is 1.54. The van der Waals surface area contributed by atoms with E-state index in [4.69, 9.17) is 5.11 Å². The van der Waals surface area contributed by atoms with Crippen molar-refractivity contribution in [3.63, 3.8) is 0 Å². The quantitative estimate of drug-likeness (QED) is 0.733. The van der Waals surface area contributed by atoms with E-state index in [-0.39, 0.29) is 12.6 Å². The minimum atomic E-state index is -0.881. The maximum Gasteiger partial charge on any atom is 0.317 e. The number of carbonyl (C=O) groups excluding carboxylic acids is 1. The normalized spacial score (nSPS) is 18.3. The Bertz CT molecular complexity index is 237. The second kappa shape index (κ2) is 5.58. The first-order chi connectivity index (χ1) is 7.11. The molecule has 1 heterocycles. The zero-order valence-corrected chi connectivity index (χ0v) is 9.03. The third-order valence-electron chi connectivity index (χ3n) is 2.62. The van der Waals surface area contributed by atoms with Crippen LogP contribution in [0.15, 0.2) is 0 Å². The van der Waals surface area contributed by atoms with Crippen LogP contribution in [0.2, 0.25) is 0 Å². The van der Waals surface area contributed by atoms with Gasteiger partial charge in [-0.3, -0.25) is 4.79 Å². The van der Waals surface area contributed by atoms with Crippen molar-refractivity contribution < 1.29 is 14.7 Å². The zero-order valence-electron chi connectivity index (χ0n) is 9.03. The van der Waals surface area contributed by atoms with E-state index in [1.807, 2.05) is 0 Å². The van der Waals surface area contributed by atoms with Gasteiger partial charge in [-0.15, -0.1) is 0 Å². The highest BCUT2D eigenvalue weighted by Gasteiger charge is 2.18. The highest BCUT2D eigenvalue weighted by molar-refractivity contribution is 5.75. The van der Waals surface area contributed by atoms with Crippen LogP contribution < -0.4 is 5.32 Å². The molecule has 0 saturated carbocycles. The summed E-state index contributed by atoms with van der Waals surface area (Å²) in [5, 5.41) is 11.3. The average molecular weight is 214 g/mol. The lowest BCUT2D eigenvalue weighted by Gasteiger charge is -2.27. The Labute approximate surface area is 89.4 Å². The molecule has 1 saturated heterocycles. The fourth-order valence-electron chi connectivity index (χ4n) is 1.54. The molecule has 15 heavy (non-hydrogen) atoms. The van der Waals surface area contributed by atoms with Gasteiger partial charge in [0, 0.05) is 19.6 Å². The van der Waals surface area contributed by atoms with E-state index in [2.05, 4.69) is 5.32 Å². The number of nitrogens with zero attached hydrogens (tertiary/aromatic N) is 1. The number of amides is 2. The summed E-state index contributed by atoms with van der Waals surface area (Å²) in [4.78, 5) is 23.8. The Hall–Kier alpha value is -1.26. The maximum absolute atomic E-state index is 11.5. The molecule has 0 aromatic rings. The second-order valence-electron chi connectivity index (χ2n) is 3.97. The van der Waals surface area contributed by atoms with Crippen molar-refractivity contribution in [1.82, 2.24) is 10.2 Å². The van der Waals surface area contributed by atoms with Crippen LogP contribution in [0.4, 0.5) is 4.79 Å². The zero-order chi connectivity index (χ0) is 11.3. The lowest BCUT2D eigenvalue weighted by atomic mass is 10.1. The van der Waals surface area contributed by atoms with E-state index in [0.29, 0.717) is 0 Å². The monoisotopic (exact) mass is 214 g/mol. The molecular formula is C10H18N2O3. The molecule has 0 spiro atoms. The molecule has 1 unspecified atom stereocenters. The minimum Gasteiger partial charge on any atom is -0.481 e. The van der Waals surface area contributed by atoms with E-state index in [0.717, 1.165) is 25.9 Å². The lowest BCUT2D eigenvalue weighted by molar-refractivity contribution is -0.140. The number of likely N-dealkylation sites (tertiary alicyclic amines) is 1. The maximum atomic E-state index is 11.5. The van der Waals surface area contributed by atoms with Crippen LogP contribution in [0.3, 0.4) is 0 Å². The number of carbonyl (C=O) groups is 2. The molecule has 0 aromatic heterocycles. The third kappa shape index (κ3) is 3.77. The molecule has 0 aliphatic carbocycles. The summed E-state index contributed by atoms with van der Waals surface area (Å²) in [7, 11) is 0. The van der Waals surface area contributed by atoms with Crippen LogP contribution in [0.5, 0.6) is 0 Å². The largest absolute Gasteiger partial charge is 0.481 e. The van der Waals surface area contributed by atoms with Gasteiger partial charge in [0.2, 0.25) is 0 Å². The Morgan fingerprint density at radius 1 is 1.33 bits per heavy atom. The van der Waals surface area contributed by atoms with E-state index in [9.17, 15) is 9.59 Å². The topological polar surface area (TPSA) is 69.6 Å². The number of piperidine rings is 1. The summed E-state index contributed by atoms with van der Waals surface area (Å²) in [5.74, 6) is -1.41. The van der Waals surface area contributed by atoms with Gasteiger partial charge in [-0.2, -0.15) is 0 Å². The van der Waals surface area contributed by atoms with Gasteiger partial charge in [0.15, 0.2) is 0 Å². The van der Waals surface area contributed by atoms with Crippen LogP contribution in [0, 0.1) is 5.92 Å². The van der Waals surface area contributed by atoms with Crippen molar-refractivity contribution in [2.24, 2.45) is 5.92 Å². The molecule has 86 valence electrons. The van der Waals surface area contributed by atoms with Crippen LogP contribution in [0.25, 0.3) is 0 Å². The highest BCUT2D eigenvalue weighted by atomic mass is 16.4. The molecular weight excluding hydrogens is 196 g/mol. The number of carboxylic acid groups (broad SMARTS) is 1. The molecule has 5 nitrogen and oxygen atoms in total. The number of urea groups is 1. The van der Waals surface area contributed by atoms with Gasteiger partial charge in [-0.1, -0.05) is 6.92 Å². The van der Waals surface area contributed by atoms with Crippen LogP contribution >= 0.6 is 0 Å². The van der Waals surface area contributed by atoms with Crippen molar-refractivity contribution >= 4 is 12.0 Å². The molecule has 1 atom stereocenters. The number of rotatable bonds is 3. The van der Waals surface area contributed by atoms with Crippen molar-refractivity contribution in [3.05, 3.63) is 0 Å². The van der Waals surface area contributed by atoms with Gasteiger partial charge in [0.25, 0.3) is 0 Å². The second-order valence-corrected chi connectivity index (χ2v) is 3.97. The molecule has 5 heteroatoms. The van der Waals surface area contributed by atoms with E-state index in [1.165, 1.54) is 6.42 Å². The van der Waals surface area contributed by atoms with Gasteiger partial charge in [0.05, 0.1) is 5.92 Å². The number of nitrogens with one attached hydrogen (secondary N) is 1. The summed E-state index contributed by atoms with van der Waals surface area (Å²) in [6.07, 6.45) is 3.26. The van der Waals surface area contributed by atoms with Gasteiger partial charge in [0.1, 0.15) is 0 Å². The van der Waals surface area contributed by atoms with E-state index < -0.39 is 11.9 Å². The Kier molecular flexibility index (Phi) is 4.39. The van der Waals surface area contributed by atoms with Gasteiger partial charge in [-0.05, 0) is 19.3 Å². The number of hydrogen-bond acceptors (Lipinski definition) is 2. The van der Waals surface area contributed by atoms with Crippen LogP contribution in [-0.4, -0.2) is 41.6 Å². The molecule has 2 N–H and O–H groups in total. The van der Waals surface area contributed by atoms with Crippen molar-refractivity contribution in [2.45, 2.75) is 26.2 Å². The molecule has 0 bridgehead atoms. The first kappa shape index (κ1) is 11.8. The van der Waals surface area contributed by atoms with Crippen molar-refractivity contribution in [2.75, 3.05) is 19.6 Å². The summed E-state index contributed by atoms with van der Waals surface area (Å²) < 4.78 is 0. The molecule has 0 radical (unpaired) electrons. The summed E-state index contributed by atoms with van der Waals surface area (Å²) in [6, 6.07) is -0.136. The first-order valence-corrected chi connectivity index (χ1v) is 5.37. The SMILES string of the molecule is CC(CNC(=O)N1CCCCC1)C(=O)O. The van der Waals surface area contributed by atoms with Crippen molar-refractivity contribution in [1.29, 1.82) is 0 Å². The highest BCUT2D eigenvalue weighted by Crippen LogP contribution is 2.08. The first-order valence-electron chi connectivity index (χ1n) is 5.37. The number of carboxylic acids is 1. The molecule has 1 rings (SSSR count). The van der Waals surface area contributed by atoms with Crippen LogP contribution in [-0.2, 0) is 4.79 Å². The van der Waals surface area contributed by atoms with Gasteiger partial charge < -0.3 is 15.3 Å². The third-order valence-corrected chi connectivity index (χ3v) is 2.62. The van der Waals surface area contributed by atoms with E-state index in [1.54, 1.807) is 11.8 Å². The summed E-state index contributed by atoms with van der Waals surface area (Å²) in [5.41, 5.74) is 0. The molecule has 0 aromatic carbocycles. The lowest BCUT2D eigenvalue weighted by Crippen LogP contribution is -2.44. The standard InChI is InChI=1S/C10H18N2O3/c1-8(9(13)14)7-11-10(15)12-5-3-2-4-6-12/h8H,2-7H2,1H3,(H,11,15)(H,13,14). The number of aliphatic carboxylic acids is 1. The molecule has 2 amide bonds. The molecule has 1 aliphatic heterocycles. The Morgan fingerprint density at radius 2 is 1.93 bits per heavy atom.